The highest BCUT2D eigenvalue weighted by atomic mass is 16.5. The van der Waals surface area contributed by atoms with Gasteiger partial charge in [-0.3, -0.25) is 4.79 Å². The van der Waals surface area contributed by atoms with Gasteiger partial charge in [0.15, 0.2) is 5.43 Å². The molecule has 3 aromatic carbocycles. The number of ether oxygens (including phenoxy) is 1. The average molecular weight is 508 g/mol. The van der Waals surface area contributed by atoms with Gasteiger partial charge < -0.3 is 19.0 Å². The smallest absolute Gasteiger partial charge is 0.339 e. The molecule has 192 valence electrons. The molecule has 2 heterocycles. The molecule has 0 unspecified atom stereocenters. The normalized spacial score (nSPS) is 11.9. The summed E-state index contributed by atoms with van der Waals surface area (Å²) in [7, 11) is 1.36. The van der Waals surface area contributed by atoms with Gasteiger partial charge in [0.1, 0.15) is 11.3 Å². The Morgan fingerprint density at radius 1 is 1.11 bits per heavy atom. The third-order valence-electron chi connectivity index (χ3n) is 6.70. The molecular formula is C31H29N3O4. The van der Waals surface area contributed by atoms with Crippen LogP contribution in [0.1, 0.15) is 45.6 Å². The van der Waals surface area contributed by atoms with Crippen LogP contribution < -0.4 is 10.7 Å². The van der Waals surface area contributed by atoms with Gasteiger partial charge in [-0.1, -0.05) is 42.5 Å². The summed E-state index contributed by atoms with van der Waals surface area (Å²) in [6.07, 6.45) is 5.45. The number of anilines is 1. The number of rotatable bonds is 7. The fourth-order valence-electron chi connectivity index (χ4n) is 4.73. The van der Waals surface area contributed by atoms with Crippen LogP contribution in [0.15, 0.2) is 88.6 Å². The first-order chi connectivity index (χ1) is 18.4. The van der Waals surface area contributed by atoms with E-state index in [-0.39, 0.29) is 11.5 Å². The van der Waals surface area contributed by atoms with Crippen LogP contribution in [0.25, 0.3) is 22.3 Å². The van der Waals surface area contributed by atoms with E-state index in [2.05, 4.69) is 10.3 Å². The Kier molecular flexibility index (Phi) is 6.83. The van der Waals surface area contributed by atoms with Crippen molar-refractivity contribution in [2.24, 2.45) is 0 Å². The van der Waals surface area contributed by atoms with Crippen molar-refractivity contribution in [3.05, 3.63) is 117 Å². The number of carbonyl (C=O) groups is 1. The second-order valence-electron chi connectivity index (χ2n) is 9.45. The topological polar surface area (TPSA) is 86.4 Å². The molecule has 0 fully saturated rings. The van der Waals surface area contributed by atoms with Crippen molar-refractivity contribution in [2.45, 2.75) is 33.4 Å². The second kappa shape index (κ2) is 10.4. The van der Waals surface area contributed by atoms with Gasteiger partial charge in [0, 0.05) is 41.3 Å². The monoisotopic (exact) mass is 507 g/mol. The van der Waals surface area contributed by atoms with Crippen molar-refractivity contribution >= 4 is 22.6 Å². The van der Waals surface area contributed by atoms with Crippen LogP contribution in [0.2, 0.25) is 0 Å². The first-order valence-corrected chi connectivity index (χ1v) is 12.4. The maximum absolute atomic E-state index is 13.5. The van der Waals surface area contributed by atoms with Crippen LogP contribution in [-0.2, 0) is 11.3 Å². The molecule has 1 atom stereocenters. The molecule has 5 rings (SSSR count). The van der Waals surface area contributed by atoms with Crippen molar-refractivity contribution in [3.63, 3.8) is 0 Å². The third-order valence-corrected chi connectivity index (χ3v) is 6.70. The van der Waals surface area contributed by atoms with Crippen molar-refractivity contribution in [1.29, 1.82) is 0 Å². The van der Waals surface area contributed by atoms with Gasteiger partial charge >= 0.3 is 5.97 Å². The fraction of sp³-hybridized carbons (Fsp3) is 0.194. The molecule has 0 aliphatic carbocycles. The minimum atomic E-state index is -0.421. The van der Waals surface area contributed by atoms with Crippen LogP contribution in [-0.4, -0.2) is 22.6 Å². The Morgan fingerprint density at radius 3 is 2.58 bits per heavy atom. The number of para-hydroxylation sites is 1. The van der Waals surface area contributed by atoms with Crippen molar-refractivity contribution < 1.29 is 13.9 Å². The molecule has 0 spiro atoms. The molecule has 0 radical (unpaired) electrons. The number of imidazole rings is 1. The lowest BCUT2D eigenvalue weighted by molar-refractivity contribution is 0.0602. The van der Waals surface area contributed by atoms with Crippen LogP contribution in [0, 0.1) is 13.8 Å². The minimum absolute atomic E-state index is 0.0594. The molecular weight excluding hydrogens is 478 g/mol. The summed E-state index contributed by atoms with van der Waals surface area (Å²) in [5.41, 5.74) is 5.84. The van der Waals surface area contributed by atoms with E-state index >= 15 is 0 Å². The van der Waals surface area contributed by atoms with Gasteiger partial charge in [-0.05, 0) is 50.1 Å². The standard InChI is InChI=1S/C31H29N3O4/c1-19-15-25(21(3)33-27-8-6-5-7-24(27)31(36)37-4)30-26(16-19)28(35)20(2)29(38-30)23-11-9-22(10-12-23)17-34-14-13-32-18-34/h5-16,18,21,33H,17H2,1-4H3/t21-/m1/s1. The zero-order valence-electron chi connectivity index (χ0n) is 21.8. The maximum Gasteiger partial charge on any atom is 0.339 e. The molecule has 38 heavy (non-hydrogen) atoms. The van der Waals surface area contributed by atoms with E-state index in [1.54, 1.807) is 31.6 Å². The number of aryl methyl sites for hydroxylation is 1. The lowest BCUT2D eigenvalue weighted by Gasteiger charge is -2.20. The number of hydrogen-bond donors (Lipinski definition) is 1. The summed E-state index contributed by atoms with van der Waals surface area (Å²) in [6, 6.07) is 18.8. The Morgan fingerprint density at radius 2 is 1.87 bits per heavy atom. The number of benzene rings is 3. The zero-order chi connectivity index (χ0) is 26.8. The first-order valence-electron chi connectivity index (χ1n) is 12.4. The van der Waals surface area contributed by atoms with Gasteiger partial charge in [-0.25, -0.2) is 9.78 Å². The quantitative estimate of drug-likeness (QED) is 0.261. The number of fused-ring (bicyclic) bond motifs is 1. The molecule has 7 nitrogen and oxygen atoms in total. The largest absolute Gasteiger partial charge is 0.465 e. The van der Waals surface area contributed by atoms with Gasteiger partial charge in [0.2, 0.25) is 0 Å². The van der Waals surface area contributed by atoms with E-state index in [0.29, 0.717) is 40.1 Å². The van der Waals surface area contributed by atoms with Gasteiger partial charge in [0.05, 0.1) is 30.4 Å². The molecule has 2 aromatic heterocycles. The first kappa shape index (κ1) is 25.0. The van der Waals surface area contributed by atoms with Gasteiger partial charge in [0.25, 0.3) is 0 Å². The lowest BCUT2D eigenvalue weighted by atomic mass is 9.98. The van der Waals surface area contributed by atoms with E-state index in [1.165, 1.54) is 7.11 Å². The van der Waals surface area contributed by atoms with Gasteiger partial charge in [-0.2, -0.15) is 0 Å². The molecule has 0 amide bonds. The van der Waals surface area contributed by atoms with E-state index in [9.17, 15) is 9.59 Å². The number of nitrogens with zero attached hydrogens (tertiary/aromatic N) is 2. The number of hydrogen-bond acceptors (Lipinski definition) is 6. The Labute approximate surface area is 220 Å². The highest BCUT2D eigenvalue weighted by Gasteiger charge is 2.20. The molecule has 0 saturated carbocycles. The predicted molar refractivity (Wildman–Crippen MR) is 149 cm³/mol. The zero-order valence-corrected chi connectivity index (χ0v) is 21.8. The molecule has 0 bridgehead atoms. The molecule has 0 aliphatic rings. The highest BCUT2D eigenvalue weighted by Crippen LogP contribution is 2.33. The van der Waals surface area contributed by atoms with Crippen LogP contribution >= 0.6 is 0 Å². The molecule has 1 N–H and O–H groups in total. The number of methoxy groups -OCH3 is 1. The van der Waals surface area contributed by atoms with E-state index < -0.39 is 5.97 Å². The van der Waals surface area contributed by atoms with Crippen molar-refractivity contribution in [3.8, 4) is 11.3 Å². The molecule has 0 saturated heterocycles. The van der Waals surface area contributed by atoms with E-state index in [1.807, 2.05) is 73.1 Å². The average Bonchev–Trinajstić information content (AvgIpc) is 3.44. The van der Waals surface area contributed by atoms with Crippen LogP contribution in [0.3, 0.4) is 0 Å². The number of carbonyl (C=O) groups excluding carboxylic acids is 1. The van der Waals surface area contributed by atoms with Crippen molar-refractivity contribution in [2.75, 3.05) is 12.4 Å². The molecule has 7 heteroatoms. The lowest BCUT2D eigenvalue weighted by Crippen LogP contribution is -2.14. The summed E-state index contributed by atoms with van der Waals surface area (Å²) in [4.78, 5) is 29.9. The Bertz CT molecular complexity index is 1670. The van der Waals surface area contributed by atoms with E-state index in [0.717, 1.165) is 22.3 Å². The molecule has 0 aliphatic heterocycles. The molecule has 5 aromatic rings. The number of esters is 1. The van der Waals surface area contributed by atoms with Crippen molar-refractivity contribution in [1.82, 2.24) is 9.55 Å². The second-order valence-corrected chi connectivity index (χ2v) is 9.45. The summed E-state index contributed by atoms with van der Waals surface area (Å²) in [6.45, 7) is 6.45. The summed E-state index contributed by atoms with van der Waals surface area (Å²) in [5, 5.41) is 3.95. The Balaban J connectivity index is 1.56. The van der Waals surface area contributed by atoms with E-state index in [4.69, 9.17) is 9.15 Å². The summed E-state index contributed by atoms with van der Waals surface area (Å²) < 4.78 is 13.4. The SMILES string of the molecule is COC(=O)c1ccccc1N[C@H](C)c1cc(C)cc2c(=O)c(C)c(-c3ccc(Cn4ccnc4)cc3)oc12. The third kappa shape index (κ3) is 4.83. The predicted octanol–water partition coefficient (Wildman–Crippen LogP) is 6.28. The van der Waals surface area contributed by atoms with Crippen LogP contribution in [0.5, 0.6) is 0 Å². The summed E-state index contributed by atoms with van der Waals surface area (Å²) in [5.74, 6) is 0.124. The van der Waals surface area contributed by atoms with Crippen LogP contribution in [0.4, 0.5) is 5.69 Å². The maximum atomic E-state index is 13.5. The minimum Gasteiger partial charge on any atom is -0.465 e. The number of nitrogens with one attached hydrogen (secondary N) is 1. The fourth-order valence-corrected chi connectivity index (χ4v) is 4.73. The summed E-state index contributed by atoms with van der Waals surface area (Å²) >= 11 is 0. The van der Waals surface area contributed by atoms with Gasteiger partial charge in [-0.15, -0.1) is 0 Å². The Hall–Kier alpha value is -4.65. The highest BCUT2D eigenvalue weighted by molar-refractivity contribution is 5.95. The number of aromatic nitrogens is 2.